The van der Waals surface area contributed by atoms with E-state index in [1.807, 2.05) is 50.2 Å². The fourth-order valence-corrected chi connectivity index (χ4v) is 2.71. The minimum absolute atomic E-state index is 0.0171. The molecule has 0 saturated carbocycles. The molecule has 3 nitrogen and oxygen atoms in total. The fraction of sp³-hybridized carbons (Fsp3) is 0.278. The average molecular weight is 362 g/mol. The Balaban J connectivity index is 1.91. The van der Waals surface area contributed by atoms with Crippen molar-refractivity contribution in [1.82, 2.24) is 4.90 Å². The molecule has 0 N–H and O–H groups in total. The largest absolute Gasteiger partial charge is 0.492 e. The van der Waals surface area contributed by atoms with Crippen LogP contribution in [0.5, 0.6) is 5.75 Å². The molecule has 2 aromatic rings. The Labute approximate surface area is 140 Å². The number of carbonyl (C=O) groups excluding carboxylic acids is 1. The van der Waals surface area contributed by atoms with Gasteiger partial charge < -0.3 is 9.64 Å². The minimum Gasteiger partial charge on any atom is -0.492 e. The van der Waals surface area contributed by atoms with Crippen LogP contribution < -0.4 is 4.74 Å². The number of aryl methyl sites for hydroxylation is 2. The van der Waals surface area contributed by atoms with Crippen molar-refractivity contribution in [2.24, 2.45) is 0 Å². The van der Waals surface area contributed by atoms with Crippen LogP contribution in [0, 0.1) is 13.8 Å². The molecule has 0 heterocycles. The van der Waals surface area contributed by atoms with E-state index in [9.17, 15) is 4.79 Å². The Hall–Kier alpha value is -1.81. The highest BCUT2D eigenvalue weighted by Crippen LogP contribution is 2.18. The summed E-state index contributed by atoms with van der Waals surface area (Å²) in [6.07, 6.45) is 0. The number of likely N-dealkylation sites (N-methyl/N-ethyl adjacent to an activating group) is 1. The summed E-state index contributed by atoms with van der Waals surface area (Å²) in [4.78, 5) is 14.0. The van der Waals surface area contributed by atoms with Gasteiger partial charge in [0.2, 0.25) is 0 Å². The van der Waals surface area contributed by atoms with Crippen LogP contribution in [0.3, 0.4) is 0 Å². The van der Waals surface area contributed by atoms with E-state index in [0.717, 1.165) is 10.2 Å². The van der Waals surface area contributed by atoms with E-state index in [2.05, 4.69) is 22.0 Å². The lowest BCUT2D eigenvalue weighted by atomic mass is 10.1. The number of ether oxygens (including phenoxy) is 1. The van der Waals surface area contributed by atoms with E-state index >= 15 is 0 Å². The molecule has 0 atom stereocenters. The van der Waals surface area contributed by atoms with Gasteiger partial charge in [-0.3, -0.25) is 4.79 Å². The number of nitrogens with zero attached hydrogens (tertiary/aromatic N) is 1. The molecule has 0 aliphatic carbocycles. The van der Waals surface area contributed by atoms with Crippen LogP contribution in [-0.4, -0.2) is 31.0 Å². The standard InChI is InChI=1S/C18H20BrNO2/c1-13-10-14(2)12-15(11-13)22-9-8-20(3)18(21)16-6-4-5-7-17(16)19/h4-7,10-12H,8-9H2,1-3H3. The van der Waals surface area contributed by atoms with Crippen molar-refractivity contribution in [3.8, 4) is 5.75 Å². The van der Waals surface area contributed by atoms with Crippen LogP contribution in [0.15, 0.2) is 46.9 Å². The zero-order valence-electron chi connectivity index (χ0n) is 13.1. The highest BCUT2D eigenvalue weighted by atomic mass is 79.9. The van der Waals surface area contributed by atoms with Gasteiger partial charge in [0, 0.05) is 11.5 Å². The molecule has 0 fully saturated rings. The first-order valence-corrected chi connectivity index (χ1v) is 7.98. The van der Waals surface area contributed by atoms with Crippen molar-refractivity contribution < 1.29 is 9.53 Å². The Kier molecular flexibility index (Phi) is 5.61. The van der Waals surface area contributed by atoms with Gasteiger partial charge in [0.15, 0.2) is 0 Å². The lowest BCUT2D eigenvalue weighted by Gasteiger charge is -2.18. The number of halogens is 1. The van der Waals surface area contributed by atoms with E-state index in [1.165, 1.54) is 11.1 Å². The molecule has 2 aromatic carbocycles. The molecule has 0 spiro atoms. The van der Waals surface area contributed by atoms with Crippen molar-refractivity contribution in [3.05, 3.63) is 63.6 Å². The van der Waals surface area contributed by atoms with Crippen LogP contribution in [0.4, 0.5) is 0 Å². The first-order valence-electron chi connectivity index (χ1n) is 7.18. The molecule has 0 aliphatic heterocycles. The predicted molar refractivity (Wildman–Crippen MR) is 92.5 cm³/mol. The predicted octanol–water partition coefficient (Wildman–Crippen LogP) is 4.22. The Morgan fingerprint density at radius 1 is 1.14 bits per heavy atom. The quantitative estimate of drug-likeness (QED) is 0.797. The molecular weight excluding hydrogens is 342 g/mol. The Morgan fingerprint density at radius 2 is 1.77 bits per heavy atom. The second-order valence-corrected chi connectivity index (χ2v) is 6.23. The summed E-state index contributed by atoms with van der Waals surface area (Å²) in [5, 5.41) is 0. The first-order chi connectivity index (χ1) is 10.5. The third-order valence-corrected chi connectivity index (χ3v) is 4.03. The van der Waals surface area contributed by atoms with Gasteiger partial charge >= 0.3 is 0 Å². The molecular formula is C18H20BrNO2. The van der Waals surface area contributed by atoms with E-state index < -0.39 is 0 Å². The average Bonchev–Trinajstić information content (AvgIpc) is 2.46. The van der Waals surface area contributed by atoms with E-state index in [4.69, 9.17) is 4.74 Å². The molecule has 0 aromatic heterocycles. The monoisotopic (exact) mass is 361 g/mol. The zero-order chi connectivity index (χ0) is 16.1. The topological polar surface area (TPSA) is 29.5 Å². The molecule has 0 aliphatic rings. The number of hydrogen-bond donors (Lipinski definition) is 0. The van der Waals surface area contributed by atoms with Crippen molar-refractivity contribution >= 4 is 21.8 Å². The van der Waals surface area contributed by atoms with Crippen LogP contribution in [-0.2, 0) is 0 Å². The summed E-state index contributed by atoms with van der Waals surface area (Å²) < 4.78 is 6.56. The molecule has 0 unspecified atom stereocenters. The number of rotatable bonds is 5. The lowest BCUT2D eigenvalue weighted by molar-refractivity contribution is 0.0773. The summed E-state index contributed by atoms with van der Waals surface area (Å²) in [7, 11) is 1.78. The van der Waals surface area contributed by atoms with Crippen molar-refractivity contribution in [3.63, 3.8) is 0 Å². The van der Waals surface area contributed by atoms with E-state index in [1.54, 1.807) is 11.9 Å². The molecule has 116 valence electrons. The van der Waals surface area contributed by atoms with Crippen molar-refractivity contribution in [1.29, 1.82) is 0 Å². The number of hydrogen-bond acceptors (Lipinski definition) is 2. The molecule has 0 saturated heterocycles. The molecule has 0 radical (unpaired) electrons. The summed E-state index contributed by atoms with van der Waals surface area (Å²) in [5.74, 6) is 0.829. The molecule has 0 bridgehead atoms. The normalized spacial score (nSPS) is 10.4. The maximum Gasteiger partial charge on any atom is 0.254 e. The third kappa shape index (κ3) is 4.34. The summed E-state index contributed by atoms with van der Waals surface area (Å²) in [6.45, 7) is 5.09. The molecule has 22 heavy (non-hydrogen) atoms. The maximum absolute atomic E-state index is 12.4. The maximum atomic E-state index is 12.4. The van der Waals surface area contributed by atoms with Crippen LogP contribution >= 0.6 is 15.9 Å². The van der Waals surface area contributed by atoms with Crippen molar-refractivity contribution in [2.75, 3.05) is 20.2 Å². The summed E-state index contributed by atoms with van der Waals surface area (Å²) in [6, 6.07) is 13.5. The van der Waals surface area contributed by atoms with Gasteiger partial charge in [-0.1, -0.05) is 18.2 Å². The number of carbonyl (C=O) groups is 1. The molecule has 4 heteroatoms. The lowest BCUT2D eigenvalue weighted by Crippen LogP contribution is -2.31. The SMILES string of the molecule is Cc1cc(C)cc(OCCN(C)C(=O)c2ccccc2Br)c1. The zero-order valence-corrected chi connectivity index (χ0v) is 14.7. The first kappa shape index (κ1) is 16.6. The van der Waals surface area contributed by atoms with E-state index in [0.29, 0.717) is 18.7 Å². The number of benzene rings is 2. The Morgan fingerprint density at radius 3 is 2.41 bits per heavy atom. The third-order valence-electron chi connectivity index (χ3n) is 3.34. The van der Waals surface area contributed by atoms with Crippen LogP contribution in [0.1, 0.15) is 21.5 Å². The van der Waals surface area contributed by atoms with Gasteiger partial charge in [-0.25, -0.2) is 0 Å². The highest BCUT2D eigenvalue weighted by molar-refractivity contribution is 9.10. The van der Waals surface area contributed by atoms with Gasteiger partial charge in [-0.05, 0) is 65.2 Å². The van der Waals surface area contributed by atoms with Crippen LogP contribution in [0.2, 0.25) is 0 Å². The summed E-state index contributed by atoms with van der Waals surface area (Å²) >= 11 is 3.41. The molecule has 1 amide bonds. The van der Waals surface area contributed by atoms with Gasteiger partial charge in [-0.15, -0.1) is 0 Å². The second-order valence-electron chi connectivity index (χ2n) is 5.38. The van der Waals surface area contributed by atoms with Gasteiger partial charge in [0.25, 0.3) is 5.91 Å². The smallest absolute Gasteiger partial charge is 0.254 e. The Bertz CT molecular complexity index is 650. The highest BCUT2D eigenvalue weighted by Gasteiger charge is 2.14. The summed E-state index contributed by atoms with van der Waals surface area (Å²) in [5.41, 5.74) is 3.01. The fourth-order valence-electron chi connectivity index (χ4n) is 2.26. The second kappa shape index (κ2) is 7.45. The van der Waals surface area contributed by atoms with Gasteiger partial charge in [0.05, 0.1) is 12.1 Å². The van der Waals surface area contributed by atoms with Crippen molar-refractivity contribution in [2.45, 2.75) is 13.8 Å². The van der Waals surface area contributed by atoms with Gasteiger partial charge in [-0.2, -0.15) is 0 Å². The minimum atomic E-state index is -0.0171. The van der Waals surface area contributed by atoms with E-state index in [-0.39, 0.29) is 5.91 Å². The van der Waals surface area contributed by atoms with Crippen LogP contribution in [0.25, 0.3) is 0 Å². The number of amides is 1. The van der Waals surface area contributed by atoms with Gasteiger partial charge in [0.1, 0.15) is 12.4 Å². The molecule has 2 rings (SSSR count).